The van der Waals surface area contributed by atoms with Crippen molar-refractivity contribution in [1.29, 1.82) is 0 Å². The van der Waals surface area contributed by atoms with Gasteiger partial charge in [-0.05, 0) is 31.0 Å². The SMILES string of the molecule is CCC1(C)C(=O)NCC(=O)N1Cc1cccc(OC)c1. The Labute approximate surface area is 118 Å². The van der Waals surface area contributed by atoms with E-state index in [2.05, 4.69) is 5.32 Å². The van der Waals surface area contributed by atoms with Crippen molar-refractivity contribution in [3.63, 3.8) is 0 Å². The smallest absolute Gasteiger partial charge is 0.246 e. The third-order valence-corrected chi connectivity index (χ3v) is 3.95. The number of nitrogens with zero attached hydrogens (tertiary/aromatic N) is 1. The highest BCUT2D eigenvalue weighted by Crippen LogP contribution is 2.26. The maximum Gasteiger partial charge on any atom is 0.246 e. The van der Waals surface area contributed by atoms with Crippen molar-refractivity contribution in [2.24, 2.45) is 0 Å². The first-order chi connectivity index (χ1) is 9.51. The van der Waals surface area contributed by atoms with Crippen LogP contribution in [-0.2, 0) is 16.1 Å². The van der Waals surface area contributed by atoms with Crippen molar-refractivity contribution in [3.8, 4) is 5.75 Å². The molecule has 1 heterocycles. The number of carbonyl (C=O) groups excluding carboxylic acids is 2. The average molecular weight is 276 g/mol. The second kappa shape index (κ2) is 5.53. The quantitative estimate of drug-likeness (QED) is 0.902. The Morgan fingerprint density at radius 3 is 2.80 bits per heavy atom. The number of piperazine rings is 1. The van der Waals surface area contributed by atoms with Gasteiger partial charge in [0.2, 0.25) is 11.8 Å². The summed E-state index contributed by atoms with van der Waals surface area (Å²) < 4.78 is 5.19. The molecular weight excluding hydrogens is 256 g/mol. The molecule has 2 rings (SSSR count). The molecule has 1 aromatic rings. The Balaban J connectivity index is 2.28. The van der Waals surface area contributed by atoms with Crippen molar-refractivity contribution >= 4 is 11.8 Å². The number of hydrogen-bond donors (Lipinski definition) is 1. The van der Waals surface area contributed by atoms with Gasteiger partial charge >= 0.3 is 0 Å². The molecule has 20 heavy (non-hydrogen) atoms. The van der Waals surface area contributed by atoms with Gasteiger partial charge in [0, 0.05) is 6.54 Å². The van der Waals surface area contributed by atoms with Crippen LogP contribution in [0.2, 0.25) is 0 Å². The van der Waals surface area contributed by atoms with Crippen LogP contribution in [0.25, 0.3) is 0 Å². The van der Waals surface area contributed by atoms with E-state index in [9.17, 15) is 9.59 Å². The van der Waals surface area contributed by atoms with Gasteiger partial charge in [0.15, 0.2) is 0 Å². The van der Waals surface area contributed by atoms with Crippen molar-refractivity contribution in [3.05, 3.63) is 29.8 Å². The summed E-state index contributed by atoms with van der Waals surface area (Å²) in [4.78, 5) is 25.9. The summed E-state index contributed by atoms with van der Waals surface area (Å²) in [6.07, 6.45) is 0.578. The lowest BCUT2D eigenvalue weighted by Crippen LogP contribution is -2.65. The normalized spacial score (nSPS) is 22.6. The molecule has 0 spiro atoms. The van der Waals surface area contributed by atoms with Crippen LogP contribution >= 0.6 is 0 Å². The molecule has 0 radical (unpaired) electrons. The van der Waals surface area contributed by atoms with Crippen LogP contribution in [0.3, 0.4) is 0 Å². The van der Waals surface area contributed by atoms with Gasteiger partial charge in [-0.15, -0.1) is 0 Å². The van der Waals surface area contributed by atoms with Crippen LogP contribution in [-0.4, -0.2) is 35.9 Å². The topological polar surface area (TPSA) is 58.6 Å². The fourth-order valence-electron chi connectivity index (χ4n) is 2.41. The molecule has 1 N–H and O–H groups in total. The Kier molecular flexibility index (Phi) is 3.97. The molecule has 1 saturated heterocycles. The lowest BCUT2D eigenvalue weighted by atomic mass is 9.92. The van der Waals surface area contributed by atoms with Crippen molar-refractivity contribution in [2.45, 2.75) is 32.4 Å². The Hall–Kier alpha value is -2.04. The summed E-state index contributed by atoms with van der Waals surface area (Å²) >= 11 is 0. The van der Waals surface area contributed by atoms with E-state index < -0.39 is 5.54 Å². The monoisotopic (exact) mass is 276 g/mol. The Morgan fingerprint density at radius 2 is 2.15 bits per heavy atom. The molecule has 0 aromatic heterocycles. The Bertz CT molecular complexity index is 530. The minimum absolute atomic E-state index is 0.0585. The van der Waals surface area contributed by atoms with Crippen LogP contribution in [0.1, 0.15) is 25.8 Å². The number of hydrogen-bond acceptors (Lipinski definition) is 3. The van der Waals surface area contributed by atoms with Gasteiger partial charge in [0.05, 0.1) is 13.7 Å². The maximum atomic E-state index is 12.2. The van der Waals surface area contributed by atoms with E-state index in [1.165, 1.54) is 0 Å². The molecule has 5 nitrogen and oxygen atoms in total. The van der Waals surface area contributed by atoms with Gasteiger partial charge in [0.1, 0.15) is 11.3 Å². The molecule has 1 aromatic carbocycles. The molecule has 1 aliphatic rings. The molecule has 1 atom stereocenters. The van der Waals surface area contributed by atoms with Gasteiger partial charge in [-0.2, -0.15) is 0 Å². The molecule has 1 fully saturated rings. The van der Waals surface area contributed by atoms with E-state index in [4.69, 9.17) is 4.74 Å². The first kappa shape index (κ1) is 14.4. The lowest BCUT2D eigenvalue weighted by Gasteiger charge is -2.43. The van der Waals surface area contributed by atoms with E-state index >= 15 is 0 Å². The minimum atomic E-state index is -0.793. The fourth-order valence-corrected chi connectivity index (χ4v) is 2.41. The molecular formula is C15H20N2O3. The van der Waals surface area contributed by atoms with E-state index in [1.54, 1.807) is 18.9 Å². The second-order valence-electron chi connectivity index (χ2n) is 5.14. The van der Waals surface area contributed by atoms with E-state index in [0.717, 1.165) is 11.3 Å². The molecule has 108 valence electrons. The zero-order valence-electron chi connectivity index (χ0n) is 12.1. The van der Waals surface area contributed by atoms with E-state index in [-0.39, 0.29) is 18.4 Å². The number of methoxy groups -OCH3 is 1. The zero-order valence-corrected chi connectivity index (χ0v) is 12.1. The van der Waals surface area contributed by atoms with Crippen LogP contribution in [0.4, 0.5) is 0 Å². The van der Waals surface area contributed by atoms with E-state index in [0.29, 0.717) is 13.0 Å². The number of nitrogens with one attached hydrogen (secondary N) is 1. The highest BCUT2D eigenvalue weighted by atomic mass is 16.5. The number of carbonyl (C=O) groups is 2. The van der Waals surface area contributed by atoms with Gasteiger partial charge in [-0.3, -0.25) is 9.59 Å². The fraction of sp³-hybridized carbons (Fsp3) is 0.467. The third-order valence-electron chi connectivity index (χ3n) is 3.95. The molecule has 0 saturated carbocycles. The highest BCUT2D eigenvalue weighted by Gasteiger charge is 2.43. The van der Waals surface area contributed by atoms with Crippen LogP contribution < -0.4 is 10.1 Å². The Morgan fingerprint density at radius 1 is 1.40 bits per heavy atom. The van der Waals surface area contributed by atoms with E-state index in [1.807, 2.05) is 31.2 Å². The predicted octanol–water partition coefficient (Wildman–Crippen LogP) is 1.32. The van der Waals surface area contributed by atoms with Gasteiger partial charge in [0.25, 0.3) is 0 Å². The van der Waals surface area contributed by atoms with Gasteiger partial charge in [-0.1, -0.05) is 19.1 Å². The molecule has 5 heteroatoms. The molecule has 0 bridgehead atoms. The lowest BCUT2D eigenvalue weighted by molar-refractivity contribution is -0.153. The first-order valence-corrected chi connectivity index (χ1v) is 6.73. The van der Waals surface area contributed by atoms with Crippen molar-refractivity contribution in [1.82, 2.24) is 10.2 Å². The van der Waals surface area contributed by atoms with Crippen molar-refractivity contribution < 1.29 is 14.3 Å². The summed E-state index contributed by atoms with van der Waals surface area (Å²) in [5.74, 6) is 0.592. The highest BCUT2D eigenvalue weighted by molar-refractivity contribution is 5.97. The largest absolute Gasteiger partial charge is 0.497 e. The minimum Gasteiger partial charge on any atom is -0.497 e. The second-order valence-corrected chi connectivity index (χ2v) is 5.14. The third kappa shape index (κ3) is 2.48. The number of amides is 2. The maximum absolute atomic E-state index is 12.2. The summed E-state index contributed by atoms with van der Waals surface area (Å²) in [6.45, 7) is 4.20. The summed E-state index contributed by atoms with van der Waals surface area (Å²) in [5, 5.41) is 2.66. The van der Waals surface area contributed by atoms with Gasteiger partial charge in [-0.25, -0.2) is 0 Å². The summed E-state index contributed by atoms with van der Waals surface area (Å²) in [5.41, 5.74) is 0.158. The molecule has 2 amide bonds. The molecule has 1 unspecified atom stereocenters. The predicted molar refractivity (Wildman–Crippen MR) is 75.2 cm³/mol. The van der Waals surface area contributed by atoms with Crippen LogP contribution in [0.5, 0.6) is 5.75 Å². The van der Waals surface area contributed by atoms with Gasteiger partial charge < -0.3 is 15.0 Å². The van der Waals surface area contributed by atoms with Crippen LogP contribution in [0, 0.1) is 0 Å². The average Bonchev–Trinajstić information content (AvgIpc) is 2.48. The summed E-state index contributed by atoms with van der Waals surface area (Å²) in [6, 6.07) is 7.55. The summed E-state index contributed by atoms with van der Waals surface area (Å²) in [7, 11) is 1.61. The zero-order chi connectivity index (χ0) is 14.8. The molecule has 1 aliphatic heterocycles. The number of benzene rings is 1. The number of rotatable bonds is 4. The number of ether oxygens (including phenoxy) is 1. The molecule has 0 aliphatic carbocycles. The van der Waals surface area contributed by atoms with Crippen LogP contribution in [0.15, 0.2) is 24.3 Å². The standard InChI is InChI=1S/C15H20N2O3/c1-4-15(2)14(19)16-9-13(18)17(15)10-11-6-5-7-12(8-11)20-3/h5-8H,4,9-10H2,1-3H3,(H,16,19). The first-order valence-electron chi connectivity index (χ1n) is 6.73. The van der Waals surface area contributed by atoms with Crippen molar-refractivity contribution in [2.75, 3.05) is 13.7 Å².